The molecule has 0 amide bonds. The van der Waals surface area contributed by atoms with Gasteiger partial charge in [0.2, 0.25) is 0 Å². The van der Waals surface area contributed by atoms with Crippen molar-refractivity contribution in [2.45, 2.75) is 24.0 Å². The molecule has 0 aliphatic carbocycles. The van der Waals surface area contributed by atoms with E-state index in [1.54, 1.807) is 6.07 Å². The molecule has 6 nitrogen and oxygen atoms in total. The molecule has 1 saturated heterocycles. The molecule has 0 saturated carbocycles. The molecule has 8 heteroatoms. The lowest BCUT2D eigenvalue weighted by molar-refractivity contribution is -0.0754. The van der Waals surface area contributed by atoms with Crippen LogP contribution in [0.15, 0.2) is 12.3 Å². The monoisotopic (exact) mass is 300 g/mol. The quantitative estimate of drug-likeness (QED) is 0.450. The predicted octanol–water partition coefficient (Wildman–Crippen LogP) is -0.110. The first-order valence-electron chi connectivity index (χ1n) is 5.40. The number of nitrogens with zero attached hydrogens (tertiary/aromatic N) is 1. The number of aliphatic hydroxyl groups excluding tert-OH is 2. The fourth-order valence-electron chi connectivity index (χ4n) is 1.96. The lowest BCUT2D eigenvalue weighted by atomic mass is 9.95. The molecule has 1 aromatic heterocycles. The van der Waals surface area contributed by atoms with Gasteiger partial charge in [-0.15, -0.1) is 6.42 Å². The molecule has 19 heavy (non-hydrogen) atoms. The van der Waals surface area contributed by atoms with Crippen LogP contribution in [0.2, 0.25) is 0 Å². The number of aromatic amines is 1. The number of H-pyrrole nitrogens is 1. The minimum absolute atomic E-state index is 0.192. The summed E-state index contributed by atoms with van der Waals surface area (Å²) in [6, 6.07) is 1.55. The minimum Gasteiger partial charge on any atom is -0.394 e. The van der Waals surface area contributed by atoms with Gasteiger partial charge in [0.05, 0.1) is 6.61 Å². The molecule has 0 radical (unpaired) electrons. The van der Waals surface area contributed by atoms with E-state index in [4.69, 9.17) is 40.7 Å². The Morgan fingerprint density at radius 2 is 2.26 bits per heavy atom. The third-order valence-corrected chi connectivity index (χ3v) is 3.55. The smallest absolute Gasteiger partial charge is 0.199 e. The number of hydrogen-bond donors (Lipinski definition) is 4. The maximum atomic E-state index is 10.3. The van der Waals surface area contributed by atoms with Crippen molar-refractivity contribution in [3.63, 3.8) is 0 Å². The Morgan fingerprint density at radius 3 is 2.79 bits per heavy atom. The van der Waals surface area contributed by atoms with Crippen LogP contribution < -0.4 is 0 Å². The molecule has 2 heterocycles. The maximum Gasteiger partial charge on any atom is 0.199 e. The second-order valence-corrected chi connectivity index (χ2v) is 4.97. The van der Waals surface area contributed by atoms with E-state index >= 15 is 0 Å². The summed E-state index contributed by atoms with van der Waals surface area (Å²) in [6.07, 6.45) is 3.27. The number of hydrogen-bond acceptors (Lipinski definition) is 6. The average Bonchev–Trinajstić information content (AvgIpc) is 2.63. The van der Waals surface area contributed by atoms with Crippen LogP contribution >= 0.6 is 24.4 Å². The molecule has 4 N–H and O–H groups in total. The Labute approximate surface area is 119 Å². The number of nitrogens with one attached hydrogen (secondary N) is 1. The van der Waals surface area contributed by atoms with E-state index in [1.807, 2.05) is 0 Å². The number of ether oxygens (including phenoxy) is 1. The van der Waals surface area contributed by atoms with Gasteiger partial charge in [0.15, 0.2) is 16.6 Å². The summed E-state index contributed by atoms with van der Waals surface area (Å²) in [4.78, 5) is 2.71. The molecule has 2 rings (SSSR count). The van der Waals surface area contributed by atoms with Crippen molar-refractivity contribution in [2.24, 2.45) is 0 Å². The van der Waals surface area contributed by atoms with E-state index < -0.39 is 30.6 Å². The highest BCUT2D eigenvalue weighted by Crippen LogP contribution is 2.37. The summed E-state index contributed by atoms with van der Waals surface area (Å²) in [6.45, 7) is -0.474. The van der Waals surface area contributed by atoms with Crippen LogP contribution in [0.1, 0.15) is 6.23 Å². The normalized spacial score (nSPS) is 34.1. The van der Waals surface area contributed by atoms with Crippen molar-refractivity contribution in [1.82, 2.24) is 9.55 Å². The van der Waals surface area contributed by atoms with Gasteiger partial charge in [0.1, 0.15) is 16.8 Å². The number of rotatable bonds is 2. The molecular weight excluding hydrogens is 288 g/mol. The molecule has 1 aromatic rings. The molecule has 1 aliphatic heterocycles. The zero-order valence-corrected chi connectivity index (χ0v) is 11.3. The first-order chi connectivity index (χ1) is 8.93. The molecule has 0 aromatic carbocycles. The van der Waals surface area contributed by atoms with Crippen molar-refractivity contribution in [1.29, 1.82) is 0 Å². The van der Waals surface area contributed by atoms with Gasteiger partial charge in [0.25, 0.3) is 0 Å². The van der Waals surface area contributed by atoms with Crippen molar-refractivity contribution < 1.29 is 20.1 Å². The van der Waals surface area contributed by atoms with Gasteiger partial charge in [0, 0.05) is 6.20 Å². The van der Waals surface area contributed by atoms with Gasteiger partial charge in [-0.3, -0.25) is 4.57 Å². The Morgan fingerprint density at radius 1 is 1.58 bits per heavy atom. The second kappa shape index (κ2) is 5.13. The van der Waals surface area contributed by atoms with Crippen molar-refractivity contribution in [2.75, 3.05) is 6.61 Å². The standard InChI is InChI=1S/C11H12N2O4S2/c1-2-11(16)8(15)6(5-14)17-9(11)13-4-3-7(18)12-10(13)19/h1,3-4,6,8-9,14-16H,5H2,(H,12,18,19)/t6-,8?,9-,11?/m1/s1. The Bertz CT molecular complexity index is 635. The van der Waals surface area contributed by atoms with E-state index in [-0.39, 0.29) is 4.77 Å². The van der Waals surface area contributed by atoms with Crippen LogP contribution in [0.3, 0.4) is 0 Å². The topological polar surface area (TPSA) is 90.6 Å². The minimum atomic E-state index is -1.98. The fourth-order valence-corrected chi connectivity index (χ4v) is 2.45. The third-order valence-electron chi connectivity index (χ3n) is 3.00. The Balaban J connectivity index is 2.52. The van der Waals surface area contributed by atoms with Crippen LogP contribution in [0, 0.1) is 21.8 Å². The highest BCUT2D eigenvalue weighted by atomic mass is 32.1. The Hall–Kier alpha value is -1.08. The Kier molecular flexibility index (Phi) is 3.87. The van der Waals surface area contributed by atoms with Crippen LogP contribution in [-0.4, -0.2) is 49.3 Å². The molecular formula is C11H12N2O4S2. The van der Waals surface area contributed by atoms with E-state index in [2.05, 4.69) is 10.9 Å². The van der Waals surface area contributed by atoms with Crippen molar-refractivity contribution in [3.05, 3.63) is 21.7 Å². The summed E-state index contributed by atoms with van der Waals surface area (Å²) in [5, 5.41) is 29.4. The first kappa shape index (κ1) is 14.3. The highest BCUT2D eigenvalue weighted by Gasteiger charge is 2.55. The molecule has 2 unspecified atom stereocenters. The third kappa shape index (κ3) is 2.25. The van der Waals surface area contributed by atoms with Crippen molar-refractivity contribution >= 4 is 24.4 Å². The summed E-state index contributed by atoms with van der Waals surface area (Å²) >= 11 is 10.00. The highest BCUT2D eigenvalue weighted by molar-refractivity contribution is 7.72. The number of terminal acetylenes is 1. The number of aromatic nitrogens is 2. The van der Waals surface area contributed by atoms with Crippen LogP contribution in [0.4, 0.5) is 0 Å². The van der Waals surface area contributed by atoms with Gasteiger partial charge in [-0.2, -0.15) is 0 Å². The fraction of sp³-hybridized carbons (Fsp3) is 0.455. The molecule has 0 bridgehead atoms. The first-order valence-corrected chi connectivity index (χ1v) is 6.21. The molecule has 0 spiro atoms. The van der Waals surface area contributed by atoms with E-state index in [0.717, 1.165) is 0 Å². The SMILES string of the molecule is C#CC1(O)C(O)[C@@H](CO)O[C@H]1n1ccc(=S)[nH]c1=S. The lowest BCUT2D eigenvalue weighted by Gasteiger charge is -2.26. The molecule has 1 fully saturated rings. The van der Waals surface area contributed by atoms with Gasteiger partial charge in [-0.1, -0.05) is 18.1 Å². The summed E-state index contributed by atoms with van der Waals surface area (Å²) in [5.41, 5.74) is -1.98. The van der Waals surface area contributed by atoms with E-state index in [0.29, 0.717) is 4.64 Å². The zero-order chi connectivity index (χ0) is 14.2. The van der Waals surface area contributed by atoms with Crippen LogP contribution in [-0.2, 0) is 4.74 Å². The summed E-state index contributed by atoms with van der Waals surface area (Å²) in [7, 11) is 0. The lowest BCUT2D eigenvalue weighted by Crippen LogP contribution is -2.45. The maximum absolute atomic E-state index is 10.3. The second-order valence-electron chi connectivity index (χ2n) is 4.14. The largest absolute Gasteiger partial charge is 0.394 e. The molecule has 102 valence electrons. The molecule has 4 atom stereocenters. The molecule has 1 aliphatic rings. The van der Waals surface area contributed by atoms with Gasteiger partial charge in [-0.25, -0.2) is 0 Å². The zero-order valence-electron chi connectivity index (χ0n) is 9.68. The van der Waals surface area contributed by atoms with Gasteiger partial charge >= 0.3 is 0 Å². The van der Waals surface area contributed by atoms with Crippen molar-refractivity contribution in [3.8, 4) is 12.3 Å². The van der Waals surface area contributed by atoms with Crippen LogP contribution in [0.25, 0.3) is 0 Å². The average molecular weight is 300 g/mol. The van der Waals surface area contributed by atoms with E-state index in [9.17, 15) is 10.2 Å². The predicted molar refractivity (Wildman–Crippen MR) is 71.2 cm³/mol. The van der Waals surface area contributed by atoms with Crippen LogP contribution in [0.5, 0.6) is 0 Å². The van der Waals surface area contributed by atoms with Gasteiger partial charge < -0.3 is 25.0 Å². The van der Waals surface area contributed by atoms with E-state index in [1.165, 1.54) is 10.8 Å². The summed E-state index contributed by atoms with van der Waals surface area (Å²) in [5.74, 6) is 2.11. The number of aliphatic hydroxyl groups is 3. The van der Waals surface area contributed by atoms with Gasteiger partial charge in [-0.05, 0) is 18.3 Å². The summed E-state index contributed by atoms with van der Waals surface area (Å²) < 4.78 is 7.35.